The molecule has 3 unspecified atom stereocenters. The second-order valence-corrected chi connectivity index (χ2v) is 10.9. The van der Waals surface area contributed by atoms with E-state index in [-0.39, 0.29) is 36.5 Å². The summed E-state index contributed by atoms with van der Waals surface area (Å²) in [6.45, 7) is 7.68. The van der Waals surface area contributed by atoms with Gasteiger partial charge in [-0.05, 0) is 55.0 Å². The Balaban J connectivity index is 0.00000172. The molecule has 0 bridgehead atoms. The maximum Gasteiger partial charge on any atom is 0.271 e. The molecule has 1 N–H and O–H groups in total. The summed E-state index contributed by atoms with van der Waals surface area (Å²) in [6, 6.07) is 18.4. The number of fused-ring (bicyclic) bond motifs is 1. The highest BCUT2D eigenvalue weighted by molar-refractivity contribution is 6.30. The van der Waals surface area contributed by atoms with Gasteiger partial charge in [-0.15, -0.1) is 0 Å². The number of nitrogens with one attached hydrogen (secondary N) is 1. The lowest BCUT2D eigenvalue weighted by Gasteiger charge is -2.42. The molecule has 0 aliphatic carbocycles. The van der Waals surface area contributed by atoms with Gasteiger partial charge in [0.15, 0.2) is 0 Å². The molecule has 2 saturated heterocycles. The van der Waals surface area contributed by atoms with E-state index < -0.39 is 0 Å². The van der Waals surface area contributed by atoms with Gasteiger partial charge in [0.1, 0.15) is 12.2 Å². The molecule has 6 nitrogen and oxygen atoms in total. The van der Waals surface area contributed by atoms with Crippen molar-refractivity contribution in [2.24, 2.45) is 0 Å². The first-order valence-electron chi connectivity index (χ1n) is 14.7. The van der Waals surface area contributed by atoms with Crippen molar-refractivity contribution in [1.29, 1.82) is 0 Å². The predicted octanol–water partition coefficient (Wildman–Crippen LogP) is 6.14. The molecule has 0 radical (unpaired) electrons. The smallest absolute Gasteiger partial charge is 0.271 e. The zero-order valence-corrected chi connectivity index (χ0v) is 24.4. The van der Waals surface area contributed by atoms with Crippen LogP contribution in [-0.2, 0) is 16.0 Å². The van der Waals surface area contributed by atoms with Crippen molar-refractivity contribution in [3.05, 3.63) is 82.5 Å². The summed E-state index contributed by atoms with van der Waals surface area (Å²) in [4.78, 5) is 30.9. The van der Waals surface area contributed by atoms with Crippen molar-refractivity contribution in [1.82, 2.24) is 20.2 Å². The summed E-state index contributed by atoms with van der Waals surface area (Å²) < 4.78 is 0. The largest absolute Gasteiger partial charge is 0.338 e. The molecule has 0 saturated carbocycles. The molecular formula is C32H43ClN4O2. The Labute approximate surface area is 239 Å². The highest BCUT2D eigenvalue weighted by Gasteiger charge is 2.42. The quantitative estimate of drug-likeness (QED) is 0.381. The van der Waals surface area contributed by atoms with Crippen LogP contribution in [0.4, 0.5) is 0 Å². The average Bonchev–Trinajstić information content (AvgIpc) is 3.61. The highest BCUT2D eigenvalue weighted by Crippen LogP contribution is 2.33. The third kappa shape index (κ3) is 7.03. The van der Waals surface area contributed by atoms with E-state index in [1.807, 2.05) is 67.3 Å². The number of rotatable bonds is 9. The number of amides is 2. The summed E-state index contributed by atoms with van der Waals surface area (Å²) in [5.41, 5.74) is 6.53. The topological polar surface area (TPSA) is 55.9 Å². The Kier molecular flexibility index (Phi) is 10.5. The van der Waals surface area contributed by atoms with Gasteiger partial charge in [0.2, 0.25) is 5.91 Å². The molecule has 5 rings (SSSR count). The lowest BCUT2D eigenvalue weighted by Crippen LogP contribution is -2.58. The lowest BCUT2D eigenvalue weighted by molar-refractivity contribution is -0.143. The van der Waals surface area contributed by atoms with Crippen molar-refractivity contribution in [2.75, 3.05) is 19.6 Å². The minimum atomic E-state index is -0.0885. The van der Waals surface area contributed by atoms with Crippen LogP contribution < -0.4 is 5.43 Å². The molecule has 0 aromatic heterocycles. The van der Waals surface area contributed by atoms with Crippen LogP contribution in [0, 0.1) is 0 Å². The van der Waals surface area contributed by atoms with Gasteiger partial charge in [-0.2, -0.15) is 0 Å². The summed E-state index contributed by atoms with van der Waals surface area (Å²) >= 11 is 6.09. The van der Waals surface area contributed by atoms with Crippen LogP contribution in [-0.4, -0.2) is 58.3 Å². The van der Waals surface area contributed by atoms with Gasteiger partial charge in [-0.1, -0.05) is 94.1 Å². The van der Waals surface area contributed by atoms with Crippen molar-refractivity contribution < 1.29 is 9.59 Å². The molecule has 2 fully saturated rings. The normalized spacial score (nSPS) is 22.4. The van der Waals surface area contributed by atoms with E-state index in [1.165, 1.54) is 5.56 Å². The number of halogens is 1. The second kappa shape index (κ2) is 14.0. The van der Waals surface area contributed by atoms with Crippen LogP contribution in [0.15, 0.2) is 66.4 Å². The third-order valence-corrected chi connectivity index (χ3v) is 8.12. The van der Waals surface area contributed by atoms with Gasteiger partial charge < -0.3 is 9.80 Å². The first kappa shape index (κ1) is 29.2. The van der Waals surface area contributed by atoms with E-state index in [9.17, 15) is 9.59 Å². The molecule has 39 heavy (non-hydrogen) atoms. The van der Waals surface area contributed by atoms with Gasteiger partial charge >= 0.3 is 0 Å². The molecule has 3 atom stereocenters. The van der Waals surface area contributed by atoms with E-state index in [0.717, 1.165) is 57.1 Å². The number of benzene rings is 2. The van der Waals surface area contributed by atoms with Crippen molar-refractivity contribution in [3.8, 4) is 0 Å². The number of nitrogens with zero attached hydrogens (tertiary/aromatic N) is 3. The van der Waals surface area contributed by atoms with Gasteiger partial charge in [0, 0.05) is 24.2 Å². The number of hydrazine groups is 1. The number of hydrogen-bond donors (Lipinski definition) is 1. The summed E-state index contributed by atoms with van der Waals surface area (Å²) in [5.74, 6) is -0.00351. The molecule has 3 aliphatic heterocycles. The fourth-order valence-corrected chi connectivity index (χ4v) is 6.02. The van der Waals surface area contributed by atoms with Crippen molar-refractivity contribution >= 4 is 23.4 Å². The van der Waals surface area contributed by atoms with Gasteiger partial charge in [-0.25, -0.2) is 5.43 Å². The Morgan fingerprint density at radius 2 is 1.77 bits per heavy atom. The van der Waals surface area contributed by atoms with E-state index in [0.29, 0.717) is 17.3 Å². The number of hydrogen-bond acceptors (Lipinski definition) is 4. The van der Waals surface area contributed by atoms with Gasteiger partial charge in [0.05, 0.1) is 12.1 Å². The Bertz CT molecular complexity index is 1120. The minimum absolute atomic E-state index is 0.0633. The first-order chi connectivity index (χ1) is 19.0. The summed E-state index contributed by atoms with van der Waals surface area (Å²) in [7, 11) is 0. The van der Waals surface area contributed by atoms with Crippen LogP contribution >= 0.6 is 11.6 Å². The average molecular weight is 551 g/mol. The monoisotopic (exact) mass is 550 g/mol. The second-order valence-electron chi connectivity index (χ2n) is 10.5. The Hall–Kier alpha value is -2.83. The molecule has 0 spiro atoms. The van der Waals surface area contributed by atoms with Crippen molar-refractivity contribution in [2.45, 2.75) is 83.8 Å². The summed E-state index contributed by atoms with van der Waals surface area (Å²) in [5, 5.41) is 2.75. The zero-order valence-electron chi connectivity index (χ0n) is 23.6. The standard InChI is InChI=1S/C30H37ClN4O2.C2H6/c1-2-3-5-11-26-20-33(21-29(36)34-17-8-12-25(34)18-22-9-6-4-7-10-22)30(37)28-19-27(32-35(26)28)23-13-15-24(31)16-14-23;1-2/h4,6-7,9-10,13-16,19,25-27,32H,2-3,5,8,11-12,17-18,20-21H2,1H3;1-2H3. The Morgan fingerprint density at radius 1 is 1.03 bits per heavy atom. The minimum Gasteiger partial charge on any atom is -0.338 e. The SMILES string of the molecule is CC.CCCCCC1CN(CC(=O)N2CCCC2Cc2ccccc2)C(=O)C2=CC(c3ccc(Cl)cc3)NN21. The van der Waals surface area contributed by atoms with Crippen LogP contribution in [0.25, 0.3) is 0 Å². The van der Waals surface area contributed by atoms with Crippen LogP contribution in [0.3, 0.4) is 0 Å². The van der Waals surface area contributed by atoms with E-state index in [2.05, 4.69) is 29.5 Å². The molecule has 3 aliphatic rings. The molecule has 2 aromatic rings. The molecule has 7 heteroatoms. The van der Waals surface area contributed by atoms with Gasteiger partial charge in [-0.3, -0.25) is 14.6 Å². The zero-order chi connectivity index (χ0) is 27.8. The highest BCUT2D eigenvalue weighted by atomic mass is 35.5. The van der Waals surface area contributed by atoms with E-state index in [1.54, 1.807) is 4.90 Å². The number of carbonyl (C=O) groups excluding carboxylic acids is 2. The number of likely N-dealkylation sites (tertiary alicyclic amines) is 1. The predicted molar refractivity (Wildman–Crippen MR) is 158 cm³/mol. The molecule has 3 heterocycles. The summed E-state index contributed by atoms with van der Waals surface area (Å²) in [6.07, 6.45) is 9.28. The fourth-order valence-electron chi connectivity index (χ4n) is 5.90. The van der Waals surface area contributed by atoms with Crippen LogP contribution in [0.2, 0.25) is 5.02 Å². The maximum atomic E-state index is 13.6. The maximum absolute atomic E-state index is 13.6. The van der Waals surface area contributed by atoms with Crippen LogP contribution in [0.1, 0.15) is 76.5 Å². The lowest BCUT2D eigenvalue weighted by atomic mass is 10.0. The number of piperazine rings is 1. The molecule has 210 valence electrons. The number of unbranched alkanes of at least 4 members (excludes halogenated alkanes) is 2. The first-order valence-corrected chi connectivity index (χ1v) is 15.1. The van der Waals surface area contributed by atoms with E-state index in [4.69, 9.17) is 11.6 Å². The Morgan fingerprint density at radius 3 is 2.49 bits per heavy atom. The van der Waals surface area contributed by atoms with Gasteiger partial charge in [0.25, 0.3) is 5.91 Å². The van der Waals surface area contributed by atoms with Crippen LogP contribution in [0.5, 0.6) is 0 Å². The molecular weight excluding hydrogens is 508 g/mol. The molecule has 2 aromatic carbocycles. The van der Waals surface area contributed by atoms with Crippen molar-refractivity contribution in [3.63, 3.8) is 0 Å². The van der Waals surface area contributed by atoms with E-state index >= 15 is 0 Å². The fraction of sp³-hybridized carbons (Fsp3) is 0.500. The number of carbonyl (C=O) groups is 2. The molecule has 2 amide bonds. The third-order valence-electron chi connectivity index (χ3n) is 7.87.